The van der Waals surface area contributed by atoms with Crippen LogP contribution in [-0.4, -0.2) is 35.6 Å². The Morgan fingerprint density at radius 1 is 1.59 bits per heavy atom. The summed E-state index contributed by atoms with van der Waals surface area (Å²) in [6.45, 7) is 2.23. The topological polar surface area (TPSA) is 58.4 Å². The molecule has 0 radical (unpaired) electrons. The largest absolute Gasteiger partial charge is 0.338 e. The maximum absolute atomic E-state index is 11.7. The molecule has 1 N–H and O–H groups in total. The van der Waals surface area contributed by atoms with Gasteiger partial charge in [0.1, 0.15) is 0 Å². The number of hydrogen-bond donors (Lipinski definition) is 1. The first-order chi connectivity index (χ1) is 8.15. The normalized spacial score (nSPS) is 16.6. The highest BCUT2D eigenvalue weighted by atomic mass is 16.5. The lowest BCUT2D eigenvalue weighted by Gasteiger charge is -2.22. The Balaban J connectivity index is 1.80. The Hall–Kier alpha value is -1.36. The van der Waals surface area contributed by atoms with Gasteiger partial charge in [0.2, 0.25) is 11.8 Å². The van der Waals surface area contributed by atoms with Gasteiger partial charge in [-0.3, -0.25) is 15.0 Å². The smallest absolute Gasteiger partial charge is 0.240 e. The number of hydrogen-bond acceptors (Lipinski definition) is 4. The van der Waals surface area contributed by atoms with Gasteiger partial charge in [-0.1, -0.05) is 18.0 Å². The molecule has 2 rings (SSSR count). The van der Waals surface area contributed by atoms with Crippen LogP contribution in [0.15, 0.2) is 10.6 Å². The molecule has 0 atom stereocenters. The van der Waals surface area contributed by atoms with Crippen molar-refractivity contribution >= 4 is 11.8 Å². The molecule has 1 aliphatic carbocycles. The van der Waals surface area contributed by atoms with Crippen molar-refractivity contribution in [2.24, 2.45) is 0 Å². The van der Waals surface area contributed by atoms with E-state index in [0.717, 1.165) is 5.69 Å². The summed E-state index contributed by atoms with van der Waals surface area (Å²) in [5.74, 6) is 0.378. The summed E-state index contributed by atoms with van der Waals surface area (Å²) in [6.07, 6.45) is 4.95. The molecule has 0 aromatic carbocycles. The van der Waals surface area contributed by atoms with Crippen molar-refractivity contribution < 1.29 is 9.32 Å². The second kappa shape index (κ2) is 5.31. The number of anilines is 1. The summed E-state index contributed by atoms with van der Waals surface area (Å²) < 4.78 is 4.94. The summed E-state index contributed by atoms with van der Waals surface area (Å²) in [5.41, 5.74) is 0.768. The van der Waals surface area contributed by atoms with Gasteiger partial charge in [0.15, 0.2) is 0 Å². The lowest BCUT2D eigenvalue weighted by Crippen LogP contribution is -2.36. The molecule has 1 amide bonds. The molecular weight excluding hydrogens is 218 g/mol. The molecule has 17 heavy (non-hydrogen) atoms. The van der Waals surface area contributed by atoms with E-state index >= 15 is 0 Å². The predicted molar refractivity (Wildman–Crippen MR) is 64.8 cm³/mol. The van der Waals surface area contributed by atoms with E-state index in [1.807, 2.05) is 14.0 Å². The zero-order valence-electron chi connectivity index (χ0n) is 10.4. The second-order valence-electron chi connectivity index (χ2n) is 4.73. The summed E-state index contributed by atoms with van der Waals surface area (Å²) in [5, 5.41) is 6.43. The fourth-order valence-corrected chi connectivity index (χ4v) is 2.30. The van der Waals surface area contributed by atoms with Gasteiger partial charge in [0, 0.05) is 12.1 Å². The maximum Gasteiger partial charge on any atom is 0.240 e. The van der Waals surface area contributed by atoms with Crippen molar-refractivity contribution in [3.63, 3.8) is 0 Å². The van der Waals surface area contributed by atoms with Crippen LogP contribution in [0.25, 0.3) is 0 Å². The molecule has 0 unspecified atom stereocenters. The predicted octanol–water partition coefficient (Wildman–Crippen LogP) is 1.80. The first-order valence-electron chi connectivity index (χ1n) is 6.08. The summed E-state index contributed by atoms with van der Waals surface area (Å²) in [4.78, 5) is 13.9. The van der Waals surface area contributed by atoms with Gasteiger partial charge < -0.3 is 4.52 Å². The van der Waals surface area contributed by atoms with Crippen molar-refractivity contribution in [2.75, 3.05) is 18.9 Å². The van der Waals surface area contributed by atoms with E-state index < -0.39 is 0 Å². The van der Waals surface area contributed by atoms with Crippen LogP contribution in [0.5, 0.6) is 0 Å². The van der Waals surface area contributed by atoms with Crippen molar-refractivity contribution in [1.82, 2.24) is 10.1 Å². The molecular formula is C12H19N3O2. The Morgan fingerprint density at radius 3 is 2.88 bits per heavy atom. The third-order valence-electron chi connectivity index (χ3n) is 3.23. The highest BCUT2D eigenvalue weighted by Crippen LogP contribution is 2.22. The third kappa shape index (κ3) is 3.30. The number of aromatic nitrogens is 1. The number of rotatable bonds is 4. The standard InChI is InChI=1S/C12H19N3O2/c1-9-7-12(17-14-9)13-11(16)8-15(2)10-5-3-4-6-10/h7,10H,3-6,8H2,1-2H3,(H,13,16). The van der Waals surface area contributed by atoms with Gasteiger partial charge in [-0.05, 0) is 26.8 Å². The van der Waals surface area contributed by atoms with E-state index in [0.29, 0.717) is 18.5 Å². The minimum Gasteiger partial charge on any atom is -0.338 e. The molecule has 1 aromatic heterocycles. The molecule has 0 spiro atoms. The molecule has 0 bridgehead atoms. The average molecular weight is 237 g/mol. The Bertz CT molecular complexity index is 383. The van der Waals surface area contributed by atoms with E-state index in [-0.39, 0.29) is 5.91 Å². The van der Waals surface area contributed by atoms with Gasteiger partial charge in [-0.2, -0.15) is 0 Å². The molecule has 1 aliphatic rings. The minimum atomic E-state index is -0.0458. The maximum atomic E-state index is 11.7. The van der Waals surface area contributed by atoms with Gasteiger partial charge >= 0.3 is 0 Å². The van der Waals surface area contributed by atoms with Crippen LogP contribution in [-0.2, 0) is 4.79 Å². The average Bonchev–Trinajstić information content (AvgIpc) is 2.89. The van der Waals surface area contributed by atoms with E-state index in [1.165, 1.54) is 25.7 Å². The number of likely N-dealkylation sites (N-methyl/N-ethyl adjacent to an activating group) is 1. The van der Waals surface area contributed by atoms with E-state index in [9.17, 15) is 4.79 Å². The number of nitrogens with one attached hydrogen (secondary N) is 1. The summed E-state index contributed by atoms with van der Waals surface area (Å²) in [6, 6.07) is 2.27. The first-order valence-corrected chi connectivity index (χ1v) is 6.08. The summed E-state index contributed by atoms with van der Waals surface area (Å²) >= 11 is 0. The van der Waals surface area contributed by atoms with Crippen LogP contribution >= 0.6 is 0 Å². The first kappa shape index (κ1) is 12.1. The van der Waals surface area contributed by atoms with Crippen LogP contribution in [0.1, 0.15) is 31.4 Å². The zero-order chi connectivity index (χ0) is 12.3. The number of amides is 1. The highest BCUT2D eigenvalue weighted by Gasteiger charge is 2.21. The molecule has 1 aromatic rings. The monoisotopic (exact) mass is 237 g/mol. The lowest BCUT2D eigenvalue weighted by atomic mass is 10.2. The Morgan fingerprint density at radius 2 is 2.29 bits per heavy atom. The third-order valence-corrected chi connectivity index (χ3v) is 3.23. The highest BCUT2D eigenvalue weighted by molar-refractivity contribution is 5.90. The van der Waals surface area contributed by atoms with Gasteiger partial charge in [-0.15, -0.1) is 0 Å². The second-order valence-corrected chi connectivity index (χ2v) is 4.73. The molecule has 5 nitrogen and oxygen atoms in total. The van der Waals surface area contributed by atoms with Crippen LogP contribution in [0.3, 0.4) is 0 Å². The molecule has 5 heteroatoms. The molecule has 1 saturated carbocycles. The van der Waals surface area contributed by atoms with Crippen LogP contribution in [0, 0.1) is 6.92 Å². The lowest BCUT2D eigenvalue weighted by molar-refractivity contribution is -0.117. The van der Waals surface area contributed by atoms with Crippen LogP contribution in [0.4, 0.5) is 5.88 Å². The van der Waals surface area contributed by atoms with Crippen LogP contribution in [0.2, 0.25) is 0 Å². The number of carbonyl (C=O) groups excluding carboxylic acids is 1. The molecule has 94 valence electrons. The van der Waals surface area contributed by atoms with Crippen molar-refractivity contribution in [3.8, 4) is 0 Å². The van der Waals surface area contributed by atoms with Crippen molar-refractivity contribution in [1.29, 1.82) is 0 Å². The quantitative estimate of drug-likeness (QED) is 0.867. The van der Waals surface area contributed by atoms with Crippen molar-refractivity contribution in [3.05, 3.63) is 11.8 Å². The van der Waals surface area contributed by atoms with E-state index in [1.54, 1.807) is 6.07 Å². The molecule has 0 aliphatic heterocycles. The number of nitrogens with zero attached hydrogens (tertiary/aromatic N) is 2. The zero-order valence-corrected chi connectivity index (χ0v) is 10.4. The number of aryl methyl sites for hydroxylation is 1. The SMILES string of the molecule is Cc1cc(NC(=O)CN(C)C2CCCC2)on1. The van der Waals surface area contributed by atoms with Gasteiger partial charge in [0.25, 0.3) is 0 Å². The molecule has 1 fully saturated rings. The number of carbonyl (C=O) groups is 1. The minimum absolute atomic E-state index is 0.0458. The fourth-order valence-electron chi connectivity index (χ4n) is 2.30. The van der Waals surface area contributed by atoms with Crippen molar-refractivity contribution in [2.45, 2.75) is 38.6 Å². The van der Waals surface area contributed by atoms with E-state index in [2.05, 4.69) is 15.4 Å². The van der Waals surface area contributed by atoms with Gasteiger partial charge in [-0.25, -0.2) is 0 Å². The Labute approximate surface area is 101 Å². The molecule has 1 heterocycles. The summed E-state index contributed by atoms with van der Waals surface area (Å²) in [7, 11) is 2.00. The fraction of sp³-hybridized carbons (Fsp3) is 0.667. The van der Waals surface area contributed by atoms with E-state index in [4.69, 9.17) is 4.52 Å². The van der Waals surface area contributed by atoms with Gasteiger partial charge in [0.05, 0.1) is 12.2 Å². The van der Waals surface area contributed by atoms with Crippen LogP contribution < -0.4 is 5.32 Å². The molecule has 0 saturated heterocycles. The Kier molecular flexibility index (Phi) is 3.78.